The van der Waals surface area contributed by atoms with E-state index < -0.39 is 28.0 Å². The summed E-state index contributed by atoms with van der Waals surface area (Å²) in [7, 11) is 0. The van der Waals surface area contributed by atoms with Crippen LogP contribution in [0.5, 0.6) is 11.5 Å². The molecule has 28 heavy (non-hydrogen) atoms. The number of hydrogen-bond acceptors (Lipinski definition) is 3. The van der Waals surface area contributed by atoms with Crippen molar-refractivity contribution in [2.75, 3.05) is 0 Å². The van der Waals surface area contributed by atoms with Crippen molar-refractivity contribution in [3.63, 3.8) is 0 Å². The van der Waals surface area contributed by atoms with Gasteiger partial charge < -0.3 is 9.29 Å². The molecule has 0 unspecified atom stereocenters. The van der Waals surface area contributed by atoms with Crippen molar-refractivity contribution in [1.82, 2.24) is 4.72 Å². The first-order valence-corrected chi connectivity index (χ1v) is 11.1. The third-order valence-corrected chi connectivity index (χ3v) is 6.57. The van der Waals surface area contributed by atoms with Gasteiger partial charge in [0.15, 0.2) is 11.6 Å². The van der Waals surface area contributed by atoms with E-state index in [0.717, 1.165) is 12.8 Å². The molecule has 3 nitrogen and oxygen atoms in total. The van der Waals surface area contributed by atoms with Crippen LogP contribution < -0.4 is 9.46 Å². The number of ether oxygens (including phenoxy) is 1. The molecule has 1 N–H and O–H groups in total. The lowest BCUT2D eigenvalue weighted by Gasteiger charge is -2.32. The highest BCUT2D eigenvalue weighted by Gasteiger charge is 2.34. The van der Waals surface area contributed by atoms with Gasteiger partial charge in [0.25, 0.3) is 0 Å². The zero-order valence-corrected chi connectivity index (χ0v) is 18.7. The van der Waals surface area contributed by atoms with Gasteiger partial charge in [-0.2, -0.15) is 0 Å². The van der Waals surface area contributed by atoms with Gasteiger partial charge in [-0.3, -0.25) is 0 Å². The summed E-state index contributed by atoms with van der Waals surface area (Å²) in [6.07, 6.45) is 1.65. The van der Waals surface area contributed by atoms with Crippen LogP contribution in [0.2, 0.25) is 5.02 Å². The monoisotopic (exact) mass is 425 g/mol. The second-order valence-corrected chi connectivity index (χ2v) is 10.2. The lowest BCUT2D eigenvalue weighted by Crippen LogP contribution is -2.43. The third-order valence-electron chi connectivity index (χ3n) is 4.69. The van der Waals surface area contributed by atoms with Crippen LogP contribution in [0.4, 0.5) is 4.39 Å². The molecule has 0 aliphatic carbocycles. The SMILES string of the molecule is CCC(CC)[C@H](N[S@+]([O-])C(C)(C)C)c1ccc(Cl)c(Oc2ccccc2)c1F. The Bertz CT molecular complexity index is 763. The first-order valence-electron chi connectivity index (χ1n) is 9.57. The Labute approximate surface area is 175 Å². The van der Waals surface area contributed by atoms with Crippen LogP contribution in [-0.4, -0.2) is 9.30 Å². The Morgan fingerprint density at radius 2 is 1.71 bits per heavy atom. The Morgan fingerprint density at radius 1 is 1.11 bits per heavy atom. The normalized spacial score (nSPS) is 14.2. The number of hydrogen-bond donors (Lipinski definition) is 1. The zero-order valence-electron chi connectivity index (χ0n) is 17.1. The van der Waals surface area contributed by atoms with Gasteiger partial charge in [-0.1, -0.05) is 62.6 Å². The molecule has 0 saturated heterocycles. The Balaban J connectivity index is 2.46. The van der Waals surface area contributed by atoms with Gasteiger partial charge in [0.05, 0.1) is 11.1 Å². The molecule has 0 amide bonds. The van der Waals surface area contributed by atoms with Crippen LogP contribution in [-0.2, 0) is 11.4 Å². The Morgan fingerprint density at radius 3 is 2.25 bits per heavy atom. The maximum absolute atomic E-state index is 15.5. The fourth-order valence-corrected chi connectivity index (χ4v) is 4.04. The van der Waals surface area contributed by atoms with E-state index in [9.17, 15) is 4.55 Å². The van der Waals surface area contributed by atoms with E-state index in [-0.39, 0.29) is 16.7 Å². The van der Waals surface area contributed by atoms with Gasteiger partial charge in [-0.15, -0.1) is 4.72 Å². The molecule has 2 atom stereocenters. The smallest absolute Gasteiger partial charge is 0.181 e. The molecule has 154 valence electrons. The lowest BCUT2D eigenvalue weighted by atomic mass is 9.89. The second-order valence-electron chi connectivity index (χ2n) is 7.75. The summed E-state index contributed by atoms with van der Waals surface area (Å²) in [6.45, 7) is 9.78. The number of nitrogens with one attached hydrogen (secondary N) is 1. The average molecular weight is 426 g/mol. The molecule has 0 radical (unpaired) electrons. The molecule has 0 aliphatic heterocycles. The highest BCUT2D eigenvalue weighted by Crippen LogP contribution is 2.39. The van der Waals surface area contributed by atoms with E-state index >= 15 is 4.39 Å². The first-order chi connectivity index (χ1) is 13.2. The molecule has 0 bridgehead atoms. The molecule has 2 rings (SSSR count). The summed E-state index contributed by atoms with van der Waals surface area (Å²) < 4.78 is 36.7. The summed E-state index contributed by atoms with van der Waals surface area (Å²) >= 11 is 4.90. The Kier molecular flexibility index (Phi) is 8.19. The summed E-state index contributed by atoms with van der Waals surface area (Å²) in [5.41, 5.74) is 0.418. The molecular formula is C22H29ClFNO2S. The van der Waals surface area contributed by atoms with Crippen molar-refractivity contribution in [1.29, 1.82) is 0 Å². The quantitative estimate of drug-likeness (QED) is 0.473. The van der Waals surface area contributed by atoms with Crippen LogP contribution >= 0.6 is 11.6 Å². The van der Waals surface area contributed by atoms with Crippen molar-refractivity contribution in [3.05, 3.63) is 58.9 Å². The first kappa shape index (κ1) is 23.0. The van der Waals surface area contributed by atoms with E-state index in [4.69, 9.17) is 16.3 Å². The number of halogens is 2. The van der Waals surface area contributed by atoms with E-state index in [0.29, 0.717) is 11.3 Å². The summed E-state index contributed by atoms with van der Waals surface area (Å²) in [6, 6.07) is 11.8. The molecule has 0 heterocycles. The maximum Gasteiger partial charge on any atom is 0.181 e. The lowest BCUT2D eigenvalue weighted by molar-refractivity contribution is 0.358. The van der Waals surface area contributed by atoms with Crippen LogP contribution in [0.3, 0.4) is 0 Å². The van der Waals surface area contributed by atoms with Gasteiger partial charge in [0.2, 0.25) is 0 Å². The summed E-state index contributed by atoms with van der Waals surface area (Å²) in [4.78, 5) is 0. The predicted molar refractivity (Wildman–Crippen MR) is 116 cm³/mol. The highest BCUT2D eigenvalue weighted by molar-refractivity contribution is 7.90. The van der Waals surface area contributed by atoms with Crippen molar-refractivity contribution in [3.8, 4) is 11.5 Å². The maximum atomic E-state index is 15.5. The largest absolute Gasteiger partial charge is 0.598 e. The van der Waals surface area contributed by atoms with Crippen LogP contribution in [0.15, 0.2) is 42.5 Å². The van der Waals surface area contributed by atoms with Gasteiger partial charge >= 0.3 is 0 Å². The van der Waals surface area contributed by atoms with Gasteiger partial charge in [-0.25, -0.2) is 4.39 Å². The predicted octanol–water partition coefficient (Wildman–Crippen LogP) is 6.80. The van der Waals surface area contributed by atoms with Crippen molar-refractivity contribution < 1.29 is 13.7 Å². The molecule has 0 aromatic heterocycles. The molecule has 0 aliphatic rings. The van der Waals surface area contributed by atoms with Crippen molar-refractivity contribution >= 4 is 23.0 Å². The van der Waals surface area contributed by atoms with Crippen LogP contribution in [0.25, 0.3) is 0 Å². The molecular weight excluding hydrogens is 397 g/mol. The molecule has 6 heteroatoms. The number of benzene rings is 2. The standard InChI is InChI=1S/C22H29ClFNO2S/c1-6-15(7-2)20(25-28(26)22(3,4)5)17-13-14-18(23)21(19(17)24)27-16-11-9-8-10-12-16/h8-15,20,25H,6-7H2,1-5H3/t20-,28+/m0/s1. The van der Waals surface area contributed by atoms with Crippen molar-refractivity contribution in [2.45, 2.75) is 58.2 Å². The number of para-hydroxylation sites is 1. The fraction of sp³-hybridized carbons (Fsp3) is 0.455. The van der Waals surface area contributed by atoms with Crippen molar-refractivity contribution in [2.24, 2.45) is 5.92 Å². The molecule has 2 aromatic rings. The molecule has 2 aromatic carbocycles. The molecule has 0 spiro atoms. The molecule has 0 fully saturated rings. The van der Waals surface area contributed by atoms with Crippen LogP contribution in [0, 0.1) is 11.7 Å². The minimum absolute atomic E-state index is 0.00957. The fourth-order valence-electron chi connectivity index (χ4n) is 2.95. The summed E-state index contributed by atoms with van der Waals surface area (Å²) in [5.74, 6) is 0.0913. The topological polar surface area (TPSA) is 44.3 Å². The highest BCUT2D eigenvalue weighted by atomic mass is 35.5. The van der Waals surface area contributed by atoms with Gasteiger partial charge in [-0.05, 0) is 44.9 Å². The minimum Gasteiger partial charge on any atom is -0.598 e. The van der Waals surface area contributed by atoms with Gasteiger partial charge in [0.1, 0.15) is 10.5 Å². The Hall–Kier alpha value is -1.27. The average Bonchev–Trinajstić information content (AvgIpc) is 2.65. The third kappa shape index (κ3) is 5.63. The minimum atomic E-state index is -1.34. The number of rotatable bonds is 8. The summed E-state index contributed by atoms with van der Waals surface area (Å²) in [5, 5.41) is 0.199. The van der Waals surface area contributed by atoms with Gasteiger partial charge in [0, 0.05) is 16.9 Å². The van der Waals surface area contributed by atoms with E-state index in [1.807, 2.05) is 39.0 Å². The van der Waals surface area contributed by atoms with E-state index in [2.05, 4.69) is 18.6 Å². The van der Waals surface area contributed by atoms with E-state index in [1.54, 1.807) is 24.3 Å². The second kappa shape index (κ2) is 9.97. The van der Waals surface area contributed by atoms with E-state index in [1.165, 1.54) is 0 Å². The van der Waals surface area contributed by atoms with Crippen LogP contribution in [0.1, 0.15) is 59.1 Å². The zero-order chi connectivity index (χ0) is 20.9. The molecule has 0 saturated carbocycles.